The maximum absolute atomic E-state index is 13.3. The molecule has 1 heterocycles. The number of carbonyl (C=O) groups excluding carboxylic acids is 1. The van der Waals surface area contributed by atoms with Crippen molar-refractivity contribution in [1.29, 1.82) is 0 Å². The Morgan fingerprint density at radius 1 is 1.03 bits per heavy atom. The van der Waals surface area contributed by atoms with E-state index >= 15 is 0 Å². The van der Waals surface area contributed by atoms with Gasteiger partial charge in [0, 0.05) is 30.6 Å². The summed E-state index contributed by atoms with van der Waals surface area (Å²) in [7, 11) is -3.52. The number of halogens is 6. The minimum Gasteiger partial charge on any atom is -0.393 e. The maximum atomic E-state index is 13.3. The molecular formula is C24H24F6N2O5S. The predicted octanol–water partition coefficient (Wildman–Crippen LogP) is 3.67. The molecule has 0 spiro atoms. The SMILES string of the molecule is CS(=O)(=O)c1ccc2c(c1)CN(CC1CC(O)C1)C2C(=O)Nc1ccc(C(O)(C(F)(F)F)C(F)(F)F)cc1. The molecule has 14 heteroatoms. The number of rotatable bonds is 6. The van der Waals surface area contributed by atoms with Crippen molar-refractivity contribution in [2.75, 3.05) is 18.1 Å². The molecule has 1 aliphatic heterocycles. The van der Waals surface area contributed by atoms with Gasteiger partial charge in [0.1, 0.15) is 6.04 Å². The zero-order valence-electron chi connectivity index (χ0n) is 19.8. The minimum absolute atomic E-state index is 0.0636. The van der Waals surface area contributed by atoms with Gasteiger partial charge >= 0.3 is 12.4 Å². The zero-order valence-corrected chi connectivity index (χ0v) is 20.7. The molecule has 208 valence electrons. The first kappa shape index (κ1) is 28.3. The van der Waals surface area contributed by atoms with E-state index in [2.05, 4.69) is 5.32 Å². The Morgan fingerprint density at radius 3 is 2.11 bits per heavy atom. The minimum atomic E-state index is -6.04. The second-order valence-corrected chi connectivity index (χ2v) is 11.7. The van der Waals surface area contributed by atoms with Gasteiger partial charge in [-0.3, -0.25) is 9.69 Å². The lowest BCUT2D eigenvalue weighted by Crippen LogP contribution is -2.53. The van der Waals surface area contributed by atoms with E-state index < -0.39 is 51.4 Å². The van der Waals surface area contributed by atoms with Crippen LogP contribution in [0.3, 0.4) is 0 Å². The summed E-state index contributed by atoms with van der Waals surface area (Å²) >= 11 is 0. The molecule has 38 heavy (non-hydrogen) atoms. The van der Waals surface area contributed by atoms with Gasteiger partial charge in [-0.25, -0.2) is 8.42 Å². The van der Waals surface area contributed by atoms with Gasteiger partial charge in [-0.05, 0) is 54.2 Å². The third-order valence-electron chi connectivity index (χ3n) is 6.92. The quantitative estimate of drug-likeness (QED) is 0.461. The Bertz CT molecular complexity index is 1310. The highest BCUT2D eigenvalue weighted by atomic mass is 32.2. The van der Waals surface area contributed by atoms with Gasteiger partial charge in [0.2, 0.25) is 5.91 Å². The number of hydrogen-bond donors (Lipinski definition) is 3. The van der Waals surface area contributed by atoms with Crippen molar-refractivity contribution in [3.63, 3.8) is 0 Å². The van der Waals surface area contributed by atoms with E-state index in [0.717, 1.165) is 18.4 Å². The average Bonchev–Trinajstić information content (AvgIpc) is 3.13. The lowest BCUT2D eigenvalue weighted by molar-refractivity contribution is -0.376. The standard InChI is InChI=1S/C24H24F6N2O5S/c1-38(36,37)18-6-7-19-14(10-18)12-32(11-13-8-17(33)9-13)20(19)21(34)31-16-4-2-15(3-5-16)22(35,23(25,26)27)24(28,29)30/h2-7,10,13,17,20,33,35H,8-9,11-12H2,1H3,(H,31,34). The normalized spacial score (nSPS) is 22.6. The lowest BCUT2D eigenvalue weighted by atomic mass is 9.82. The summed E-state index contributed by atoms with van der Waals surface area (Å²) in [5, 5.41) is 21.7. The Morgan fingerprint density at radius 2 is 1.61 bits per heavy atom. The Labute approximate surface area is 214 Å². The van der Waals surface area contributed by atoms with E-state index in [1.807, 2.05) is 0 Å². The second kappa shape index (κ2) is 9.50. The molecule has 0 bridgehead atoms. The molecule has 1 amide bonds. The van der Waals surface area contributed by atoms with E-state index in [4.69, 9.17) is 0 Å². The van der Waals surface area contributed by atoms with Crippen molar-refractivity contribution in [1.82, 2.24) is 4.90 Å². The van der Waals surface area contributed by atoms with E-state index in [0.29, 0.717) is 42.6 Å². The van der Waals surface area contributed by atoms with E-state index in [9.17, 15) is 49.8 Å². The van der Waals surface area contributed by atoms with Crippen LogP contribution in [0.4, 0.5) is 32.0 Å². The van der Waals surface area contributed by atoms with E-state index in [-0.39, 0.29) is 23.0 Å². The van der Waals surface area contributed by atoms with E-state index in [1.54, 1.807) is 4.90 Å². The number of sulfone groups is 1. The highest BCUT2D eigenvalue weighted by Crippen LogP contribution is 2.50. The number of anilines is 1. The first-order chi connectivity index (χ1) is 17.4. The molecule has 2 aromatic rings. The van der Waals surface area contributed by atoms with Crippen LogP contribution in [-0.2, 0) is 26.8 Å². The first-order valence-electron chi connectivity index (χ1n) is 11.4. The van der Waals surface area contributed by atoms with Crippen LogP contribution in [0, 0.1) is 5.92 Å². The zero-order chi connectivity index (χ0) is 28.3. The van der Waals surface area contributed by atoms with Crippen molar-refractivity contribution in [2.24, 2.45) is 5.92 Å². The molecule has 1 unspecified atom stereocenters. The van der Waals surface area contributed by atoms with Gasteiger partial charge in [-0.15, -0.1) is 0 Å². The Balaban J connectivity index is 1.60. The molecule has 2 aromatic carbocycles. The smallest absolute Gasteiger partial charge is 0.393 e. The highest BCUT2D eigenvalue weighted by Gasteiger charge is 2.71. The molecular weight excluding hydrogens is 542 g/mol. The summed E-state index contributed by atoms with van der Waals surface area (Å²) in [6.45, 7) is 0.633. The second-order valence-electron chi connectivity index (χ2n) is 9.73. The summed E-state index contributed by atoms with van der Waals surface area (Å²) in [5.74, 6) is -0.545. The molecule has 1 atom stereocenters. The van der Waals surface area contributed by atoms with Crippen LogP contribution in [-0.4, -0.2) is 60.7 Å². The Hall–Kier alpha value is -2.68. The number of aliphatic hydroxyl groups is 2. The van der Waals surface area contributed by atoms with Crippen LogP contribution >= 0.6 is 0 Å². The van der Waals surface area contributed by atoms with Crippen molar-refractivity contribution in [2.45, 2.75) is 54.4 Å². The highest BCUT2D eigenvalue weighted by molar-refractivity contribution is 7.90. The number of aliphatic hydroxyl groups excluding tert-OH is 1. The summed E-state index contributed by atoms with van der Waals surface area (Å²) < 4.78 is 103. The van der Waals surface area contributed by atoms with Crippen molar-refractivity contribution in [3.8, 4) is 0 Å². The van der Waals surface area contributed by atoms with Gasteiger partial charge in [-0.2, -0.15) is 26.3 Å². The number of alkyl halides is 6. The van der Waals surface area contributed by atoms with Gasteiger partial charge in [0.15, 0.2) is 9.84 Å². The van der Waals surface area contributed by atoms with Crippen LogP contribution in [0.1, 0.15) is 35.6 Å². The van der Waals surface area contributed by atoms with Gasteiger partial charge < -0.3 is 15.5 Å². The molecule has 4 rings (SSSR count). The summed E-state index contributed by atoms with van der Waals surface area (Å²) in [6.07, 6.45) is -10.4. The van der Waals surface area contributed by atoms with Gasteiger partial charge in [0.05, 0.1) is 11.0 Å². The largest absolute Gasteiger partial charge is 0.430 e. The van der Waals surface area contributed by atoms with Crippen LogP contribution < -0.4 is 5.32 Å². The fourth-order valence-electron chi connectivity index (χ4n) is 4.87. The number of fused-ring (bicyclic) bond motifs is 1. The Kier molecular flexibility index (Phi) is 7.09. The van der Waals surface area contributed by atoms with Crippen LogP contribution in [0.2, 0.25) is 0 Å². The number of benzene rings is 2. The topological polar surface area (TPSA) is 107 Å². The monoisotopic (exact) mass is 566 g/mol. The lowest BCUT2D eigenvalue weighted by Gasteiger charge is -2.36. The molecule has 0 aromatic heterocycles. The van der Waals surface area contributed by atoms with Crippen LogP contribution in [0.5, 0.6) is 0 Å². The summed E-state index contributed by atoms with van der Waals surface area (Å²) in [5.41, 5.74) is -5.56. The third kappa shape index (κ3) is 5.14. The molecule has 2 aliphatic rings. The fourth-order valence-corrected chi connectivity index (χ4v) is 5.55. The molecule has 1 fully saturated rings. The number of nitrogens with zero attached hydrogens (tertiary/aromatic N) is 1. The maximum Gasteiger partial charge on any atom is 0.430 e. The van der Waals surface area contributed by atoms with Crippen molar-refractivity contribution < 1.29 is 49.8 Å². The fraction of sp³-hybridized carbons (Fsp3) is 0.458. The number of carbonyl (C=O) groups is 1. The van der Waals surface area contributed by atoms with Crippen molar-refractivity contribution >= 4 is 21.4 Å². The average molecular weight is 567 g/mol. The molecule has 0 saturated heterocycles. The molecule has 1 saturated carbocycles. The van der Waals surface area contributed by atoms with Crippen LogP contribution in [0.15, 0.2) is 47.4 Å². The number of amides is 1. The third-order valence-corrected chi connectivity index (χ3v) is 8.03. The number of nitrogens with one attached hydrogen (secondary N) is 1. The van der Waals surface area contributed by atoms with Gasteiger partial charge in [-0.1, -0.05) is 18.2 Å². The van der Waals surface area contributed by atoms with E-state index in [1.165, 1.54) is 18.2 Å². The van der Waals surface area contributed by atoms with Crippen LogP contribution in [0.25, 0.3) is 0 Å². The molecule has 3 N–H and O–H groups in total. The predicted molar refractivity (Wildman–Crippen MR) is 123 cm³/mol. The first-order valence-corrected chi connectivity index (χ1v) is 13.3. The summed E-state index contributed by atoms with van der Waals surface area (Å²) in [6, 6.07) is 5.92. The van der Waals surface area contributed by atoms with Gasteiger partial charge in [0.25, 0.3) is 5.60 Å². The molecule has 0 radical (unpaired) electrons. The van der Waals surface area contributed by atoms with Crippen molar-refractivity contribution in [3.05, 3.63) is 59.2 Å². The molecule has 1 aliphatic carbocycles. The summed E-state index contributed by atoms with van der Waals surface area (Å²) in [4.78, 5) is 15.1. The molecule has 7 nitrogen and oxygen atoms in total. The number of hydrogen-bond acceptors (Lipinski definition) is 6.